The molecule has 0 radical (unpaired) electrons. The van der Waals surface area contributed by atoms with Crippen molar-refractivity contribution in [1.82, 2.24) is 14.8 Å². The Balaban J connectivity index is 2.43. The number of aromatic nitrogens is 3. The van der Waals surface area contributed by atoms with Gasteiger partial charge in [0.05, 0.1) is 0 Å². The molecule has 1 aromatic heterocycles. The van der Waals surface area contributed by atoms with Crippen LogP contribution in [0.25, 0.3) is 11.4 Å². The zero-order valence-corrected chi connectivity index (χ0v) is 9.20. The van der Waals surface area contributed by atoms with Crippen molar-refractivity contribution in [3.05, 3.63) is 35.6 Å². The second-order valence-electron chi connectivity index (χ2n) is 3.36. The zero-order chi connectivity index (χ0) is 12.5. The summed E-state index contributed by atoms with van der Waals surface area (Å²) in [6, 6.07) is 8.46. The fourth-order valence-electron chi connectivity index (χ4n) is 1.40. The largest absolute Gasteiger partial charge is 0.406 e. The maximum absolute atomic E-state index is 12.4. The molecule has 3 nitrogen and oxygen atoms in total. The fraction of sp³-hybridized carbons (Fsp3) is 0.200. The lowest BCUT2D eigenvalue weighted by Crippen LogP contribution is -2.18. The summed E-state index contributed by atoms with van der Waals surface area (Å²) in [5.41, 5.74) is 0.538. The average molecular weight is 262 g/mol. The van der Waals surface area contributed by atoms with Crippen LogP contribution in [0.2, 0.25) is 5.28 Å². The first-order valence-corrected chi connectivity index (χ1v) is 5.06. The van der Waals surface area contributed by atoms with Gasteiger partial charge < -0.3 is 0 Å². The SMILES string of the molecule is FC(F)(F)Cn1c(Cl)nnc1-c1ccccc1. The molecule has 90 valence electrons. The van der Waals surface area contributed by atoms with Crippen LogP contribution < -0.4 is 0 Å². The molecule has 0 spiro atoms. The highest BCUT2D eigenvalue weighted by atomic mass is 35.5. The smallest absolute Gasteiger partial charge is 0.289 e. The van der Waals surface area contributed by atoms with Crippen molar-refractivity contribution in [2.75, 3.05) is 0 Å². The van der Waals surface area contributed by atoms with Gasteiger partial charge in [0.15, 0.2) is 5.82 Å². The zero-order valence-electron chi connectivity index (χ0n) is 8.45. The molecule has 0 aliphatic heterocycles. The Labute approximate surface area is 99.8 Å². The Kier molecular flexibility index (Phi) is 3.06. The van der Waals surface area contributed by atoms with E-state index in [1.54, 1.807) is 30.3 Å². The summed E-state index contributed by atoms with van der Waals surface area (Å²) in [4.78, 5) is 0. The molecule has 0 saturated carbocycles. The van der Waals surface area contributed by atoms with Gasteiger partial charge in [-0.2, -0.15) is 13.2 Å². The first-order chi connectivity index (χ1) is 7.97. The third-order valence-electron chi connectivity index (χ3n) is 2.08. The highest BCUT2D eigenvalue weighted by Gasteiger charge is 2.30. The molecule has 0 N–H and O–H groups in total. The number of halogens is 4. The van der Waals surface area contributed by atoms with Crippen LogP contribution in [0, 0.1) is 0 Å². The first kappa shape index (κ1) is 11.9. The van der Waals surface area contributed by atoms with Gasteiger partial charge in [0, 0.05) is 5.56 Å². The van der Waals surface area contributed by atoms with Crippen molar-refractivity contribution in [2.45, 2.75) is 12.7 Å². The number of nitrogens with zero attached hydrogens (tertiary/aromatic N) is 3. The Morgan fingerprint density at radius 1 is 1.12 bits per heavy atom. The normalized spacial score (nSPS) is 11.8. The van der Waals surface area contributed by atoms with Crippen LogP contribution in [0.3, 0.4) is 0 Å². The molecule has 0 bridgehead atoms. The van der Waals surface area contributed by atoms with Gasteiger partial charge in [0.2, 0.25) is 5.28 Å². The molecular weight excluding hydrogens is 255 g/mol. The van der Waals surface area contributed by atoms with Crippen LogP contribution >= 0.6 is 11.6 Å². The predicted molar refractivity (Wildman–Crippen MR) is 56.5 cm³/mol. The molecule has 1 heterocycles. The third kappa shape index (κ3) is 2.76. The number of benzene rings is 1. The van der Waals surface area contributed by atoms with Crippen LogP contribution in [-0.2, 0) is 6.54 Å². The minimum absolute atomic E-state index is 0.105. The number of hydrogen-bond acceptors (Lipinski definition) is 2. The highest BCUT2D eigenvalue weighted by molar-refractivity contribution is 6.28. The van der Waals surface area contributed by atoms with Gasteiger partial charge in [0.1, 0.15) is 6.54 Å². The first-order valence-electron chi connectivity index (χ1n) is 4.68. The van der Waals surface area contributed by atoms with Crippen LogP contribution in [0.1, 0.15) is 0 Å². The van der Waals surface area contributed by atoms with E-state index in [-0.39, 0.29) is 11.1 Å². The Hall–Kier alpha value is -1.56. The van der Waals surface area contributed by atoms with Gasteiger partial charge in [-0.3, -0.25) is 4.57 Å². The summed E-state index contributed by atoms with van der Waals surface area (Å²) in [5.74, 6) is 0.105. The summed E-state index contributed by atoms with van der Waals surface area (Å²) >= 11 is 5.59. The Bertz CT molecular complexity index is 507. The van der Waals surface area contributed by atoms with Crippen molar-refractivity contribution in [2.24, 2.45) is 0 Å². The van der Waals surface area contributed by atoms with E-state index in [0.717, 1.165) is 4.57 Å². The Morgan fingerprint density at radius 3 is 2.35 bits per heavy atom. The van der Waals surface area contributed by atoms with Gasteiger partial charge in [-0.25, -0.2) is 0 Å². The highest BCUT2D eigenvalue weighted by Crippen LogP contribution is 2.25. The van der Waals surface area contributed by atoms with E-state index in [9.17, 15) is 13.2 Å². The molecule has 2 aromatic rings. The molecule has 0 unspecified atom stereocenters. The van der Waals surface area contributed by atoms with Gasteiger partial charge in [-0.1, -0.05) is 30.3 Å². The van der Waals surface area contributed by atoms with Crippen LogP contribution in [0.5, 0.6) is 0 Å². The van der Waals surface area contributed by atoms with Gasteiger partial charge in [-0.15, -0.1) is 10.2 Å². The standard InChI is InChI=1S/C10H7ClF3N3/c11-9-16-15-8(7-4-2-1-3-5-7)17(9)6-10(12,13)14/h1-5H,6H2. The molecule has 0 fully saturated rings. The van der Waals surface area contributed by atoms with Crippen molar-refractivity contribution < 1.29 is 13.2 Å². The van der Waals surface area contributed by atoms with Crippen molar-refractivity contribution >= 4 is 11.6 Å². The monoisotopic (exact) mass is 261 g/mol. The average Bonchev–Trinajstić information content (AvgIpc) is 2.60. The minimum atomic E-state index is -4.37. The van der Waals surface area contributed by atoms with E-state index in [1.165, 1.54) is 0 Å². The summed E-state index contributed by atoms with van der Waals surface area (Å²) in [6.07, 6.45) is -4.37. The van der Waals surface area contributed by atoms with Crippen molar-refractivity contribution in [3.63, 3.8) is 0 Å². The fourth-order valence-corrected chi connectivity index (χ4v) is 1.58. The summed E-state index contributed by atoms with van der Waals surface area (Å²) in [7, 11) is 0. The molecule has 2 rings (SSSR count). The van der Waals surface area contributed by atoms with E-state index in [4.69, 9.17) is 11.6 Å². The number of hydrogen-bond donors (Lipinski definition) is 0. The summed E-state index contributed by atoms with van der Waals surface area (Å²) < 4.78 is 37.9. The lowest BCUT2D eigenvalue weighted by atomic mass is 10.2. The predicted octanol–water partition coefficient (Wildman–Crippen LogP) is 3.16. The van der Waals surface area contributed by atoms with Gasteiger partial charge in [0.25, 0.3) is 0 Å². The van der Waals surface area contributed by atoms with Gasteiger partial charge in [-0.05, 0) is 11.6 Å². The van der Waals surface area contributed by atoms with E-state index < -0.39 is 12.7 Å². The molecule has 17 heavy (non-hydrogen) atoms. The number of alkyl halides is 3. The summed E-state index contributed by atoms with van der Waals surface area (Å²) in [5, 5.41) is 6.83. The van der Waals surface area contributed by atoms with Crippen LogP contribution in [0.4, 0.5) is 13.2 Å². The summed E-state index contributed by atoms with van der Waals surface area (Å²) in [6.45, 7) is -1.21. The molecule has 0 aliphatic carbocycles. The third-order valence-corrected chi connectivity index (χ3v) is 2.35. The van der Waals surface area contributed by atoms with Crippen LogP contribution in [0.15, 0.2) is 30.3 Å². The van der Waals surface area contributed by atoms with Crippen molar-refractivity contribution in [3.8, 4) is 11.4 Å². The van der Waals surface area contributed by atoms with E-state index in [0.29, 0.717) is 5.56 Å². The second kappa shape index (κ2) is 4.37. The second-order valence-corrected chi connectivity index (χ2v) is 3.70. The maximum atomic E-state index is 12.4. The molecule has 0 amide bonds. The molecular formula is C10H7ClF3N3. The molecule has 7 heteroatoms. The lowest BCUT2D eigenvalue weighted by molar-refractivity contribution is -0.140. The molecule has 0 aliphatic rings. The quantitative estimate of drug-likeness (QED) is 0.831. The Morgan fingerprint density at radius 2 is 1.76 bits per heavy atom. The maximum Gasteiger partial charge on any atom is 0.406 e. The lowest BCUT2D eigenvalue weighted by Gasteiger charge is -2.10. The topological polar surface area (TPSA) is 30.7 Å². The van der Waals surface area contributed by atoms with Gasteiger partial charge >= 0.3 is 6.18 Å². The van der Waals surface area contributed by atoms with E-state index >= 15 is 0 Å². The van der Waals surface area contributed by atoms with Crippen molar-refractivity contribution in [1.29, 1.82) is 0 Å². The van der Waals surface area contributed by atoms with E-state index in [2.05, 4.69) is 10.2 Å². The minimum Gasteiger partial charge on any atom is -0.289 e. The van der Waals surface area contributed by atoms with E-state index in [1.807, 2.05) is 0 Å². The number of rotatable bonds is 2. The molecule has 0 saturated heterocycles. The molecule has 0 atom stereocenters. The molecule has 1 aromatic carbocycles. The van der Waals surface area contributed by atoms with Crippen LogP contribution in [-0.4, -0.2) is 20.9 Å².